The number of thioether (sulfide) groups is 1. The molecule has 1 saturated heterocycles. The van der Waals surface area contributed by atoms with Gasteiger partial charge in [-0.3, -0.25) is 9.59 Å². The molecule has 1 aliphatic rings. The number of carbonyl (C=O) groups is 3. The van der Waals surface area contributed by atoms with Gasteiger partial charge in [-0.1, -0.05) is 47.5 Å². The maximum atomic E-state index is 12.8. The predicted octanol–water partition coefficient (Wildman–Crippen LogP) is 6.20. The van der Waals surface area contributed by atoms with E-state index in [1.165, 1.54) is 12.1 Å². The van der Waals surface area contributed by atoms with Crippen molar-refractivity contribution in [2.75, 3.05) is 17.7 Å². The van der Waals surface area contributed by atoms with Crippen LogP contribution in [0.3, 0.4) is 0 Å². The average molecular weight is 529 g/mol. The number of halogens is 2. The second kappa shape index (κ2) is 11.2. The molecule has 3 aromatic rings. The summed E-state index contributed by atoms with van der Waals surface area (Å²) in [6.07, 6.45) is 0. The number of ether oxygens (including phenoxy) is 1. The molecule has 1 fully saturated rings. The van der Waals surface area contributed by atoms with E-state index in [1.807, 2.05) is 41.3 Å². The van der Waals surface area contributed by atoms with Crippen molar-refractivity contribution < 1.29 is 19.1 Å². The van der Waals surface area contributed by atoms with E-state index in [-0.39, 0.29) is 34.4 Å². The van der Waals surface area contributed by atoms with E-state index in [0.717, 1.165) is 11.1 Å². The molecule has 35 heavy (non-hydrogen) atoms. The van der Waals surface area contributed by atoms with Crippen LogP contribution in [0.5, 0.6) is 0 Å². The predicted molar refractivity (Wildman–Crippen MR) is 139 cm³/mol. The van der Waals surface area contributed by atoms with Crippen LogP contribution in [0.15, 0.2) is 66.7 Å². The quantitative estimate of drug-likeness (QED) is 0.369. The minimum Gasteiger partial charge on any atom is -0.462 e. The number of benzene rings is 3. The molecule has 4 rings (SSSR count). The lowest BCUT2D eigenvalue weighted by molar-refractivity contribution is -0.128. The Bertz CT molecular complexity index is 1250. The summed E-state index contributed by atoms with van der Waals surface area (Å²) in [5, 5.41) is 3.54. The SMILES string of the molecule is CCOC(=O)c1cc(NC(=O)c2ccc([C@@H]3SCC(=O)N3Cc3ccc(Cl)cc3)cc2)ccc1Cl. The molecule has 0 bridgehead atoms. The van der Waals surface area contributed by atoms with Crippen molar-refractivity contribution in [3.63, 3.8) is 0 Å². The molecule has 1 aliphatic heterocycles. The molecule has 0 radical (unpaired) electrons. The molecule has 1 heterocycles. The summed E-state index contributed by atoms with van der Waals surface area (Å²) in [5.74, 6) is -0.414. The first-order valence-corrected chi connectivity index (χ1v) is 12.7. The molecular weight excluding hydrogens is 507 g/mol. The van der Waals surface area contributed by atoms with Crippen LogP contribution in [0.25, 0.3) is 0 Å². The summed E-state index contributed by atoms with van der Waals surface area (Å²) in [7, 11) is 0. The van der Waals surface area contributed by atoms with Gasteiger partial charge in [0.1, 0.15) is 5.37 Å². The van der Waals surface area contributed by atoms with Crippen LogP contribution in [0.1, 0.15) is 44.1 Å². The van der Waals surface area contributed by atoms with Crippen LogP contribution in [-0.2, 0) is 16.1 Å². The van der Waals surface area contributed by atoms with Gasteiger partial charge in [0.05, 0.1) is 22.9 Å². The monoisotopic (exact) mass is 528 g/mol. The van der Waals surface area contributed by atoms with Crippen LogP contribution in [0.2, 0.25) is 10.0 Å². The third-order valence-corrected chi connectivity index (χ3v) is 7.25. The number of rotatable bonds is 7. The molecular formula is C26H22Cl2N2O4S. The fourth-order valence-corrected chi connectivity index (χ4v) is 5.17. The highest BCUT2D eigenvalue weighted by atomic mass is 35.5. The molecule has 0 aliphatic carbocycles. The van der Waals surface area contributed by atoms with Gasteiger partial charge in [0.15, 0.2) is 0 Å². The number of anilines is 1. The second-order valence-corrected chi connectivity index (χ2v) is 9.71. The largest absolute Gasteiger partial charge is 0.462 e. The van der Waals surface area contributed by atoms with Crippen molar-refractivity contribution in [2.45, 2.75) is 18.8 Å². The molecule has 1 atom stereocenters. The Labute approximate surface area is 217 Å². The minimum atomic E-state index is -0.551. The van der Waals surface area contributed by atoms with Gasteiger partial charge in [0, 0.05) is 22.8 Å². The van der Waals surface area contributed by atoms with Crippen LogP contribution in [0.4, 0.5) is 5.69 Å². The van der Waals surface area contributed by atoms with Crippen molar-refractivity contribution in [3.05, 3.63) is 99.0 Å². The fourth-order valence-electron chi connectivity index (χ4n) is 3.66. The number of amides is 2. The lowest BCUT2D eigenvalue weighted by Crippen LogP contribution is -2.27. The third kappa shape index (κ3) is 5.99. The van der Waals surface area contributed by atoms with E-state index in [1.54, 1.807) is 36.9 Å². The minimum absolute atomic E-state index is 0.0666. The first-order chi connectivity index (χ1) is 16.9. The highest BCUT2D eigenvalue weighted by Gasteiger charge is 2.32. The standard InChI is InChI=1S/C26H22Cl2N2O4S/c1-2-34-26(33)21-13-20(11-12-22(21)28)29-24(32)17-5-7-18(8-6-17)25-30(23(31)15-35-25)14-16-3-9-19(27)10-4-16/h3-13,25H,2,14-15H2,1H3,(H,29,32)/t25-/m0/s1. The first-order valence-electron chi connectivity index (χ1n) is 10.9. The van der Waals surface area contributed by atoms with Crippen molar-refractivity contribution in [2.24, 2.45) is 0 Å². The Morgan fingerprint density at radius 1 is 1.06 bits per heavy atom. The van der Waals surface area contributed by atoms with Crippen LogP contribution < -0.4 is 5.32 Å². The first kappa shape index (κ1) is 25.1. The molecule has 0 saturated carbocycles. The van der Waals surface area contributed by atoms with E-state index in [0.29, 0.717) is 28.6 Å². The summed E-state index contributed by atoms with van der Waals surface area (Å²) < 4.78 is 5.00. The number of nitrogens with one attached hydrogen (secondary N) is 1. The Balaban J connectivity index is 1.46. The topological polar surface area (TPSA) is 75.7 Å². The van der Waals surface area contributed by atoms with E-state index in [9.17, 15) is 14.4 Å². The number of carbonyl (C=O) groups excluding carboxylic acids is 3. The van der Waals surface area contributed by atoms with Crippen molar-refractivity contribution in [3.8, 4) is 0 Å². The van der Waals surface area contributed by atoms with E-state index in [2.05, 4.69) is 5.32 Å². The molecule has 0 unspecified atom stereocenters. The Morgan fingerprint density at radius 2 is 1.77 bits per heavy atom. The van der Waals surface area contributed by atoms with Crippen LogP contribution in [-0.4, -0.2) is 35.0 Å². The summed E-state index contributed by atoms with van der Waals surface area (Å²) in [6.45, 7) is 2.41. The Hall–Kier alpha value is -3.00. The van der Waals surface area contributed by atoms with Gasteiger partial charge >= 0.3 is 5.97 Å². The van der Waals surface area contributed by atoms with Crippen molar-refractivity contribution >= 4 is 58.4 Å². The molecule has 180 valence electrons. The smallest absolute Gasteiger partial charge is 0.339 e. The van der Waals surface area contributed by atoms with E-state index >= 15 is 0 Å². The third-order valence-electron chi connectivity index (χ3n) is 5.41. The maximum Gasteiger partial charge on any atom is 0.339 e. The van der Waals surface area contributed by atoms with E-state index < -0.39 is 5.97 Å². The number of hydrogen-bond donors (Lipinski definition) is 1. The average Bonchev–Trinajstić information content (AvgIpc) is 3.21. The molecule has 9 heteroatoms. The number of nitrogens with zero attached hydrogens (tertiary/aromatic N) is 1. The van der Waals surface area contributed by atoms with E-state index in [4.69, 9.17) is 27.9 Å². The zero-order chi connectivity index (χ0) is 24.9. The molecule has 2 amide bonds. The molecule has 0 spiro atoms. The van der Waals surface area contributed by atoms with Crippen LogP contribution in [0, 0.1) is 0 Å². The number of esters is 1. The highest BCUT2D eigenvalue weighted by molar-refractivity contribution is 8.00. The summed E-state index contributed by atoms with van der Waals surface area (Å²) >= 11 is 13.6. The zero-order valence-corrected chi connectivity index (χ0v) is 21.1. The maximum absolute atomic E-state index is 12.8. The molecule has 1 N–H and O–H groups in total. The summed E-state index contributed by atoms with van der Waals surface area (Å²) in [6, 6.07) is 19.2. The molecule has 0 aromatic heterocycles. The Kier molecular flexibility index (Phi) is 8.00. The summed E-state index contributed by atoms with van der Waals surface area (Å²) in [4.78, 5) is 39.2. The zero-order valence-electron chi connectivity index (χ0n) is 18.8. The molecule has 3 aromatic carbocycles. The van der Waals surface area contributed by atoms with Gasteiger partial charge in [0.25, 0.3) is 5.91 Å². The van der Waals surface area contributed by atoms with Gasteiger partial charge in [-0.05, 0) is 60.5 Å². The van der Waals surface area contributed by atoms with Gasteiger partial charge in [-0.25, -0.2) is 4.79 Å². The normalized spacial score (nSPS) is 15.2. The van der Waals surface area contributed by atoms with Crippen molar-refractivity contribution in [1.82, 2.24) is 4.90 Å². The van der Waals surface area contributed by atoms with Gasteiger partial charge in [-0.2, -0.15) is 0 Å². The highest BCUT2D eigenvalue weighted by Crippen LogP contribution is 2.39. The molecule has 6 nitrogen and oxygen atoms in total. The van der Waals surface area contributed by atoms with Crippen LogP contribution >= 0.6 is 35.0 Å². The summed E-state index contributed by atoms with van der Waals surface area (Å²) in [5.41, 5.74) is 2.99. The second-order valence-electron chi connectivity index (χ2n) is 7.80. The lowest BCUT2D eigenvalue weighted by atomic mass is 10.1. The van der Waals surface area contributed by atoms with Gasteiger partial charge in [-0.15, -0.1) is 11.8 Å². The van der Waals surface area contributed by atoms with Crippen molar-refractivity contribution in [1.29, 1.82) is 0 Å². The van der Waals surface area contributed by atoms with Gasteiger partial charge < -0.3 is 15.0 Å². The Morgan fingerprint density at radius 3 is 2.46 bits per heavy atom. The fraction of sp³-hybridized carbons (Fsp3) is 0.192. The lowest BCUT2D eigenvalue weighted by Gasteiger charge is -2.24. The van der Waals surface area contributed by atoms with Gasteiger partial charge in [0.2, 0.25) is 5.91 Å². The number of hydrogen-bond acceptors (Lipinski definition) is 5.